The highest BCUT2D eigenvalue weighted by molar-refractivity contribution is 7.99. The fourth-order valence-corrected chi connectivity index (χ4v) is 4.63. The van der Waals surface area contributed by atoms with Crippen molar-refractivity contribution in [2.24, 2.45) is 11.8 Å². The molecule has 1 aromatic rings. The van der Waals surface area contributed by atoms with E-state index in [4.69, 9.17) is 5.73 Å². The van der Waals surface area contributed by atoms with Gasteiger partial charge in [0.05, 0.1) is 15.5 Å². The number of Topliss-reactive ketones (excluding diaryl/α,β-unsaturated/α-hetero) is 1. The number of nitrogens with one attached hydrogen (secondary N) is 1. The molecule has 2 aliphatic carbocycles. The summed E-state index contributed by atoms with van der Waals surface area (Å²) < 4.78 is 0. The van der Waals surface area contributed by atoms with Crippen molar-refractivity contribution < 1.29 is 4.79 Å². The molecule has 2 aliphatic rings. The minimum atomic E-state index is 0.0697. The van der Waals surface area contributed by atoms with Gasteiger partial charge in [0.1, 0.15) is 5.00 Å². The molecule has 2 fully saturated rings. The van der Waals surface area contributed by atoms with E-state index in [1.807, 2.05) is 6.26 Å². The molecule has 3 rings (SSSR count). The Morgan fingerprint density at radius 1 is 1.37 bits per heavy atom. The Hall–Kier alpha value is -0.680. The molecule has 3 N–H and O–H groups in total. The number of hydrogen-bond donors (Lipinski definition) is 2. The molecule has 1 aromatic heterocycles. The third kappa shape index (κ3) is 2.63. The molecule has 0 radical (unpaired) electrons. The average Bonchev–Trinajstić information content (AvgIpc) is 3.25. The number of anilines is 2. The lowest BCUT2D eigenvalue weighted by Crippen LogP contribution is -2.23. The fraction of sp³-hybridized carbons (Fsp3) is 0.643. The number of rotatable bonds is 6. The molecule has 104 valence electrons. The first-order chi connectivity index (χ1) is 9.11. The van der Waals surface area contributed by atoms with Crippen molar-refractivity contribution in [1.82, 2.24) is 0 Å². The van der Waals surface area contributed by atoms with E-state index in [0.29, 0.717) is 16.6 Å². The van der Waals surface area contributed by atoms with Gasteiger partial charge in [0.15, 0.2) is 5.78 Å². The van der Waals surface area contributed by atoms with E-state index in [0.717, 1.165) is 21.7 Å². The predicted molar refractivity (Wildman–Crippen MR) is 83.4 cm³/mol. The van der Waals surface area contributed by atoms with Gasteiger partial charge in [-0.15, -0.1) is 23.1 Å². The lowest BCUT2D eigenvalue weighted by atomic mass is 10.1. The van der Waals surface area contributed by atoms with Crippen LogP contribution in [-0.4, -0.2) is 18.1 Å². The quantitative estimate of drug-likeness (QED) is 0.618. The number of nitrogen functional groups attached to an aromatic ring is 1. The van der Waals surface area contributed by atoms with Crippen LogP contribution in [0.15, 0.2) is 4.90 Å². The normalized spacial score (nSPS) is 18.9. The zero-order valence-electron chi connectivity index (χ0n) is 11.4. The summed E-state index contributed by atoms with van der Waals surface area (Å²) in [5.41, 5.74) is 6.77. The maximum Gasteiger partial charge on any atom is 0.171 e. The second kappa shape index (κ2) is 5.02. The maximum atomic E-state index is 11.6. The van der Waals surface area contributed by atoms with Crippen molar-refractivity contribution in [2.45, 2.75) is 43.5 Å². The van der Waals surface area contributed by atoms with Crippen LogP contribution in [0.1, 0.15) is 42.3 Å². The van der Waals surface area contributed by atoms with Crippen LogP contribution < -0.4 is 11.1 Å². The summed E-state index contributed by atoms with van der Waals surface area (Å²) in [4.78, 5) is 13.4. The van der Waals surface area contributed by atoms with E-state index in [2.05, 4.69) is 5.32 Å². The third-order valence-electron chi connectivity index (χ3n) is 3.98. The van der Waals surface area contributed by atoms with Crippen LogP contribution in [0.2, 0.25) is 0 Å². The summed E-state index contributed by atoms with van der Waals surface area (Å²) in [6.45, 7) is 1.59. The van der Waals surface area contributed by atoms with E-state index in [9.17, 15) is 4.79 Å². The Kier molecular flexibility index (Phi) is 3.52. The van der Waals surface area contributed by atoms with Crippen molar-refractivity contribution in [2.75, 3.05) is 17.3 Å². The number of carbonyl (C=O) groups is 1. The van der Waals surface area contributed by atoms with E-state index in [1.54, 1.807) is 18.7 Å². The highest BCUT2D eigenvalue weighted by Gasteiger charge is 2.42. The average molecular weight is 296 g/mol. The molecule has 3 nitrogen and oxygen atoms in total. The second-order valence-electron chi connectivity index (χ2n) is 5.61. The van der Waals surface area contributed by atoms with E-state index >= 15 is 0 Å². The van der Waals surface area contributed by atoms with Crippen LogP contribution in [0, 0.1) is 11.8 Å². The standard InChI is InChI=1S/C14H20N2OS2/c1-7(17)12-10(15)13(18-2)14(19-12)16-11(8-3-4-8)9-5-6-9/h8-9,11,16H,3-6,15H2,1-2H3. The molecule has 5 heteroatoms. The molecule has 0 saturated heterocycles. The van der Waals surface area contributed by atoms with E-state index in [1.165, 1.54) is 37.0 Å². The van der Waals surface area contributed by atoms with Gasteiger partial charge in [-0.1, -0.05) is 0 Å². The zero-order chi connectivity index (χ0) is 13.6. The van der Waals surface area contributed by atoms with Crippen molar-refractivity contribution in [3.05, 3.63) is 4.88 Å². The third-order valence-corrected chi connectivity index (χ3v) is 6.18. The molecule has 2 saturated carbocycles. The predicted octanol–water partition coefficient (Wildman–Crippen LogP) is 3.86. The van der Waals surface area contributed by atoms with Crippen molar-refractivity contribution in [1.29, 1.82) is 0 Å². The van der Waals surface area contributed by atoms with Crippen LogP contribution in [0.5, 0.6) is 0 Å². The van der Waals surface area contributed by atoms with Crippen LogP contribution in [0.3, 0.4) is 0 Å². The smallest absolute Gasteiger partial charge is 0.171 e. The minimum absolute atomic E-state index is 0.0697. The number of hydrogen-bond acceptors (Lipinski definition) is 5. The summed E-state index contributed by atoms with van der Waals surface area (Å²) in [7, 11) is 0. The number of thioether (sulfide) groups is 1. The lowest BCUT2D eigenvalue weighted by Gasteiger charge is -2.18. The summed E-state index contributed by atoms with van der Waals surface area (Å²) in [5, 5.41) is 4.81. The van der Waals surface area contributed by atoms with E-state index in [-0.39, 0.29) is 5.78 Å². The molecule has 1 heterocycles. The van der Waals surface area contributed by atoms with Gasteiger partial charge < -0.3 is 11.1 Å². The van der Waals surface area contributed by atoms with Crippen LogP contribution in [0.4, 0.5) is 10.7 Å². The Morgan fingerprint density at radius 3 is 2.37 bits per heavy atom. The molecule has 19 heavy (non-hydrogen) atoms. The monoisotopic (exact) mass is 296 g/mol. The summed E-state index contributed by atoms with van der Waals surface area (Å²) in [6, 6.07) is 0.601. The number of ketones is 1. The Bertz CT molecular complexity index is 492. The topological polar surface area (TPSA) is 55.1 Å². The minimum Gasteiger partial charge on any atom is -0.396 e. The van der Waals surface area contributed by atoms with Gasteiger partial charge in [-0.25, -0.2) is 0 Å². The van der Waals surface area contributed by atoms with Crippen molar-refractivity contribution in [3.8, 4) is 0 Å². The molecule has 0 aliphatic heterocycles. The van der Waals surface area contributed by atoms with Crippen molar-refractivity contribution in [3.63, 3.8) is 0 Å². The second-order valence-corrected chi connectivity index (χ2v) is 7.45. The van der Waals surface area contributed by atoms with Crippen molar-refractivity contribution >= 4 is 39.6 Å². The number of thiophene rings is 1. The maximum absolute atomic E-state index is 11.6. The lowest BCUT2D eigenvalue weighted by molar-refractivity contribution is 0.102. The Labute approximate surface area is 122 Å². The number of nitrogens with two attached hydrogens (primary N) is 1. The highest BCUT2D eigenvalue weighted by Crippen LogP contribution is 2.49. The highest BCUT2D eigenvalue weighted by atomic mass is 32.2. The van der Waals surface area contributed by atoms with Gasteiger partial charge in [0.2, 0.25) is 0 Å². The SMILES string of the molecule is CSc1c(NC(C2CC2)C2CC2)sc(C(C)=O)c1N. The number of carbonyl (C=O) groups excluding carboxylic acids is 1. The van der Waals surface area contributed by atoms with Gasteiger partial charge in [-0.05, 0) is 43.8 Å². The van der Waals surface area contributed by atoms with Gasteiger partial charge in [-0.2, -0.15) is 0 Å². The van der Waals surface area contributed by atoms with Gasteiger partial charge >= 0.3 is 0 Å². The van der Waals surface area contributed by atoms with Crippen LogP contribution in [-0.2, 0) is 0 Å². The first kappa shape index (κ1) is 13.3. The summed E-state index contributed by atoms with van der Waals surface area (Å²) in [5.74, 6) is 1.75. The molecule has 0 aromatic carbocycles. The molecular weight excluding hydrogens is 276 g/mol. The summed E-state index contributed by atoms with van der Waals surface area (Å²) in [6.07, 6.45) is 7.43. The molecule has 0 spiro atoms. The largest absolute Gasteiger partial charge is 0.396 e. The summed E-state index contributed by atoms with van der Waals surface area (Å²) >= 11 is 3.17. The first-order valence-corrected chi connectivity index (χ1v) is 8.89. The zero-order valence-corrected chi connectivity index (χ0v) is 13.0. The van der Waals surface area contributed by atoms with Gasteiger partial charge in [0, 0.05) is 13.0 Å². The first-order valence-electron chi connectivity index (χ1n) is 6.85. The Morgan fingerprint density at radius 2 is 1.95 bits per heavy atom. The van der Waals surface area contributed by atoms with Crippen LogP contribution >= 0.6 is 23.1 Å². The molecule has 0 amide bonds. The molecule has 0 unspecified atom stereocenters. The van der Waals surface area contributed by atoms with Gasteiger partial charge in [0.25, 0.3) is 0 Å². The van der Waals surface area contributed by atoms with E-state index < -0.39 is 0 Å². The van der Waals surface area contributed by atoms with Gasteiger partial charge in [-0.3, -0.25) is 4.79 Å². The molecule has 0 bridgehead atoms. The Balaban J connectivity index is 1.86. The molecule has 0 atom stereocenters. The fourth-order valence-electron chi connectivity index (χ4n) is 2.67. The van der Waals surface area contributed by atoms with Crippen LogP contribution in [0.25, 0.3) is 0 Å². The molecular formula is C14H20N2OS2.